The lowest BCUT2D eigenvalue weighted by molar-refractivity contribution is 0.571. The molecule has 0 radical (unpaired) electrons. The average molecular weight is 280 g/mol. The van der Waals surface area contributed by atoms with Crippen LogP contribution in [0.1, 0.15) is 11.1 Å². The molecule has 102 valence electrons. The molecule has 3 N–H and O–H groups in total. The first kappa shape index (κ1) is 13.6. The Morgan fingerprint density at radius 2 is 1.95 bits per heavy atom. The Hall–Kier alpha value is -1.86. The Morgan fingerprint density at radius 3 is 2.47 bits per heavy atom. The topological polar surface area (TPSA) is 90.0 Å². The van der Waals surface area contributed by atoms with E-state index in [0.29, 0.717) is 0 Å². The summed E-state index contributed by atoms with van der Waals surface area (Å²) < 4.78 is 28.1. The molecule has 6 nitrogen and oxygen atoms in total. The van der Waals surface area contributed by atoms with Crippen molar-refractivity contribution in [1.29, 1.82) is 0 Å². The van der Waals surface area contributed by atoms with Crippen molar-refractivity contribution >= 4 is 15.8 Å². The van der Waals surface area contributed by atoms with E-state index in [1.165, 1.54) is 10.9 Å². The van der Waals surface area contributed by atoms with Crippen molar-refractivity contribution in [2.75, 3.05) is 5.73 Å². The van der Waals surface area contributed by atoms with E-state index in [-0.39, 0.29) is 17.4 Å². The molecular formula is C12H16N4O2S. The van der Waals surface area contributed by atoms with Gasteiger partial charge in [-0.25, -0.2) is 18.1 Å². The van der Waals surface area contributed by atoms with Gasteiger partial charge in [0.25, 0.3) is 10.0 Å². The fourth-order valence-electron chi connectivity index (χ4n) is 1.72. The molecule has 1 aromatic heterocycles. The molecule has 0 aliphatic rings. The minimum Gasteiger partial charge on any atom is -0.381 e. The molecule has 0 fully saturated rings. The third-order valence-corrected chi connectivity index (χ3v) is 4.28. The zero-order valence-electron chi connectivity index (χ0n) is 10.8. The van der Waals surface area contributed by atoms with Crippen LogP contribution >= 0.6 is 0 Å². The molecule has 7 heteroatoms. The zero-order valence-corrected chi connectivity index (χ0v) is 11.6. The molecule has 0 spiro atoms. The molecule has 1 aromatic carbocycles. The van der Waals surface area contributed by atoms with Crippen molar-refractivity contribution in [2.45, 2.75) is 18.5 Å². The van der Waals surface area contributed by atoms with Crippen LogP contribution in [0.2, 0.25) is 0 Å². The van der Waals surface area contributed by atoms with Crippen LogP contribution in [-0.4, -0.2) is 18.0 Å². The van der Waals surface area contributed by atoms with Gasteiger partial charge in [-0.1, -0.05) is 29.8 Å². The Labute approximate surface area is 112 Å². The first-order chi connectivity index (χ1) is 8.90. The monoisotopic (exact) mass is 280 g/mol. The molecule has 0 saturated heterocycles. The average Bonchev–Trinajstić information content (AvgIpc) is 2.69. The maximum Gasteiger partial charge on any atom is 0.260 e. The summed E-state index contributed by atoms with van der Waals surface area (Å²) >= 11 is 0. The van der Waals surface area contributed by atoms with Crippen molar-refractivity contribution in [2.24, 2.45) is 7.05 Å². The van der Waals surface area contributed by atoms with E-state index in [1.54, 1.807) is 7.05 Å². The third-order valence-electron chi connectivity index (χ3n) is 2.75. The number of aryl methyl sites for hydroxylation is 2. The summed E-state index contributed by atoms with van der Waals surface area (Å²) in [4.78, 5) is 3.77. The predicted octanol–water partition coefficient (Wildman–Crippen LogP) is 0.789. The van der Waals surface area contributed by atoms with E-state index >= 15 is 0 Å². The van der Waals surface area contributed by atoms with E-state index < -0.39 is 10.0 Å². The number of sulfonamides is 1. The Balaban J connectivity index is 2.17. The summed E-state index contributed by atoms with van der Waals surface area (Å²) in [6.07, 6.45) is 1.37. The van der Waals surface area contributed by atoms with Crippen LogP contribution in [0, 0.1) is 6.92 Å². The number of anilines is 1. The van der Waals surface area contributed by atoms with Gasteiger partial charge in [-0.2, -0.15) is 0 Å². The van der Waals surface area contributed by atoms with Crippen LogP contribution in [0.4, 0.5) is 5.82 Å². The summed E-state index contributed by atoms with van der Waals surface area (Å²) in [5, 5.41) is -0.0142. The highest BCUT2D eigenvalue weighted by molar-refractivity contribution is 7.89. The highest BCUT2D eigenvalue weighted by Crippen LogP contribution is 2.15. The molecular weight excluding hydrogens is 264 g/mol. The molecule has 19 heavy (non-hydrogen) atoms. The van der Waals surface area contributed by atoms with E-state index in [9.17, 15) is 8.42 Å². The van der Waals surface area contributed by atoms with Crippen LogP contribution in [0.15, 0.2) is 35.6 Å². The zero-order chi connectivity index (χ0) is 14.0. The van der Waals surface area contributed by atoms with Gasteiger partial charge >= 0.3 is 0 Å². The van der Waals surface area contributed by atoms with Crippen molar-refractivity contribution in [3.8, 4) is 0 Å². The Bertz CT molecular complexity index is 655. The molecule has 0 bridgehead atoms. The summed E-state index contributed by atoms with van der Waals surface area (Å²) in [7, 11) is -2.07. The summed E-state index contributed by atoms with van der Waals surface area (Å²) in [6, 6.07) is 7.62. The number of nitrogens with one attached hydrogen (secondary N) is 1. The second kappa shape index (κ2) is 5.02. The van der Waals surface area contributed by atoms with E-state index in [4.69, 9.17) is 5.73 Å². The number of nitrogens with zero attached hydrogens (tertiary/aromatic N) is 2. The lowest BCUT2D eigenvalue weighted by Gasteiger charge is -2.08. The fraction of sp³-hybridized carbons (Fsp3) is 0.250. The quantitative estimate of drug-likeness (QED) is 0.866. The van der Waals surface area contributed by atoms with E-state index in [1.807, 2.05) is 31.2 Å². The van der Waals surface area contributed by atoms with Gasteiger partial charge in [0.2, 0.25) is 0 Å². The number of hydrogen-bond donors (Lipinski definition) is 2. The number of nitrogen functional groups attached to an aromatic ring is 1. The van der Waals surface area contributed by atoms with Crippen molar-refractivity contribution < 1.29 is 8.42 Å². The van der Waals surface area contributed by atoms with Gasteiger partial charge in [-0.3, -0.25) is 0 Å². The smallest absolute Gasteiger partial charge is 0.260 e. The standard InChI is InChI=1S/C12H16N4O2S/c1-9-3-5-10(6-4-9)7-15-19(17,18)12-11(13)14-8-16(12)2/h3-6,8,15H,7,13H2,1-2H3. The van der Waals surface area contributed by atoms with Crippen LogP contribution in [0.25, 0.3) is 0 Å². The second-order valence-corrected chi connectivity index (χ2v) is 6.04. The van der Waals surface area contributed by atoms with Gasteiger partial charge in [0.05, 0.1) is 6.33 Å². The largest absolute Gasteiger partial charge is 0.381 e. The van der Waals surface area contributed by atoms with Gasteiger partial charge in [0.15, 0.2) is 10.8 Å². The molecule has 0 aliphatic carbocycles. The molecule has 0 unspecified atom stereocenters. The van der Waals surface area contributed by atoms with Gasteiger partial charge in [0, 0.05) is 13.6 Å². The number of imidazole rings is 1. The molecule has 0 amide bonds. The number of nitrogens with two attached hydrogens (primary N) is 1. The maximum absolute atomic E-state index is 12.1. The molecule has 0 atom stereocenters. The summed E-state index contributed by atoms with van der Waals surface area (Å²) in [5.74, 6) is -0.00101. The highest BCUT2D eigenvalue weighted by Gasteiger charge is 2.21. The highest BCUT2D eigenvalue weighted by atomic mass is 32.2. The van der Waals surface area contributed by atoms with Gasteiger partial charge < -0.3 is 10.3 Å². The molecule has 2 rings (SSSR count). The number of benzene rings is 1. The van der Waals surface area contributed by atoms with Gasteiger partial charge in [-0.15, -0.1) is 0 Å². The van der Waals surface area contributed by atoms with Crippen molar-refractivity contribution in [1.82, 2.24) is 14.3 Å². The molecule has 2 aromatic rings. The first-order valence-corrected chi connectivity index (χ1v) is 7.20. The summed E-state index contributed by atoms with van der Waals surface area (Å²) in [6.45, 7) is 2.19. The SMILES string of the molecule is Cc1ccc(CNS(=O)(=O)c2c(N)ncn2C)cc1. The minimum absolute atomic E-state index is 0.00101. The van der Waals surface area contributed by atoms with Gasteiger partial charge in [0.1, 0.15) is 0 Å². The first-order valence-electron chi connectivity index (χ1n) is 5.72. The second-order valence-electron chi connectivity index (χ2n) is 4.36. The number of aromatic nitrogens is 2. The minimum atomic E-state index is -3.66. The van der Waals surface area contributed by atoms with Crippen LogP contribution in [0.3, 0.4) is 0 Å². The molecule has 1 heterocycles. The fourth-order valence-corrected chi connectivity index (χ4v) is 2.96. The van der Waals surface area contributed by atoms with Crippen LogP contribution in [0.5, 0.6) is 0 Å². The maximum atomic E-state index is 12.1. The number of rotatable bonds is 4. The molecule has 0 saturated carbocycles. The van der Waals surface area contributed by atoms with Gasteiger partial charge in [-0.05, 0) is 12.5 Å². The third kappa shape index (κ3) is 2.94. The van der Waals surface area contributed by atoms with Crippen molar-refractivity contribution in [3.05, 3.63) is 41.7 Å². The van der Waals surface area contributed by atoms with E-state index in [0.717, 1.165) is 11.1 Å². The summed E-state index contributed by atoms with van der Waals surface area (Å²) in [5.41, 5.74) is 7.58. The number of hydrogen-bond acceptors (Lipinski definition) is 4. The lowest BCUT2D eigenvalue weighted by Crippen LogP contribution is -2.25. The van der Waals surface area contributed by atoms with Crippen LogP contribution < -0.4 is 10.5 Å². The Morgan fingerprint density at radius 1 is 1.32 bits per heavy atom. The molecule has 0 aliphatic heterocycles. The van der Waals surface area contributed by atoms with Crippen molar-refractivity contribution in [3.63, 3.8) is 0 Å². The lowest BCUT2D eigenvalue weighted by atomic mass is 10.2. The predicted molar refractivity (Wildman–Crippen MR) is 72.8 cm³/mol. The van der Waals surface area contributed by atoms with Crippen LogP contribution in [-0.2, 0) is 23.6 Å². The Kier molecular flexibility index (Phi) is 3.59. The van der Waals surface area contributed by atoms with E-state index in [2.05, 4.69) is 9.71 Å². The normalized spacial score (nSPS) is 11.7.